The highest BCUT2D eigenvalue weighted by atomic mass is 32.1. The molecule has 1 amide bonds. The second kappa shape index (κ2) is 6.92. The zero-order valence-corrected chi connectivity index (χ0v) is 13.6. The molecule has 1 aromatic carbocycles. The van der Waals surface area contributed by atoms with Crippen molar-refractivity contribution in [2.75, 3.05) is 31.1 Å². The van der Waals surface area contributed by atoms with Crippen molar-refractivity contribution in [3.63, 3.8) is 0 Å². The summed E-state index contributed by atoms with van der Waals surface area (Å²) in [4.78, 5) is 20.3. The van der Waals surface area contributed by atoms with Gasteiger partial charge in [-0.25, -0.2) is 4.98 Å². The maximum atomic E-state index is 11.4. The van der Waals surface area contributed by atoms with E-state index in [1.165, 1.54) is 5.56 Å². The van der Waals surface area contributed by atoms with Crippen molar-refractivity contribution in [1.82, 2.24) is 9.88 Å². The van der Waals surface area contributed by atoms with Crippen LogP contribution in [0.1, 0.15) is 18.2 Å². The van der Waals surface area contributed by atoms with Gasteiger partial charge in [-0.15, -0.1) is 11.3 Å². The van der Waals surface area contributed by atoms with Gasteiger partial charge in [-0.2, -0.15) is 0 Å². The summed E-state index contributed by atoms with van der Waals surface area (Å²) in [5, 5.41) is 3.23. The van der Waals surface area contributed by atoms with Crippen LogP contribution in [0.4, 0.5) is 5.13 Å². The highest BCUT2D eigenvalue weighted by molar-refractivity contribution is 7.13. The molecule has 0 aliphatic carbocycles. The minimum Gasteiger partial charge on any atom is -0.345 e. The molecule has 1 aliphatic heterocycles. The number of nitrogens with zero attached hydrogens (tertiary/aromatic N) is 3. The average molecular weight is 314 g/mol. The molecule has 0 saturated carbocycles. The van der Waals surface area contributed by atoms with E-state index in [0.29, 0.717) is 0 Å². The van der Waals surface area contributed by atoms with E-state index in [1.807, 2.05) is 23.1 Å². The number of aryl methyl sites for hydroxylation is 2. The first-order valence-electron chi connectivity index (χ1n) is 7.62. The van der Waals surface area contributed by atoms with Gasteiger partial charge in [-0.3, -0.25) is 4.79 Å². The predicted molar refractivity (Wildman–Crippen MR) is 89.3 cm³/mol. The van der Waals surface area contributed by atoms with Crippen molar-refractivity contribution >= 4 is 22.4 Å². The van der Waals surface area contributed by atoms with E-state index >= 15 is 0 Å². The number of aromatic nitrogens is 1. The standard InChI is InChI=1S/C17H20N3OS/c1-14(21)19-9-11-20(12-10-19)17-18-16(13-22-17)8-7-15-5-3-2-4-6-15/h2-3,5-6,13H,7-12H2,1H3. The zero-order chi connectivity index (χ0) is 15.4. The Kier molecular flexibility index (Phi) is 4.73. The number of benzene rings is 1. The Hall–Kier alpha value is -1.88. The monoisotopic (exact) mass is 314 g/mol. The van der Waals surface area contributed by atoms with Crippen molar-refractivity contribution in [3.8, 4) is 0 Å². The third kappa shape index (κ3) is 3.65. The van der Waals surface area contributed by atoms with Gasteiger partial charge in [0.2, 0.25) is 5.91 Å². The Balaban J connectivity index is 1.54. The molecule has 1 aliphatic rings. The summed E-state index contributed by atoms with van der Waals surface area (Å²) in [6.45, 7) is 4.98. The number of amides is 1. The second-order valence-corrected chi connectivity index (χ2v) is 6.36. The lowest BCUT2D eigenvalue weighted by Crippen LogP contribution is -2.48. The minimum atomic E-state index is 0.166. The highest BCUT2D eigenvalue weighted by Gasteiger charge is 2.20. The number of anilines is 1. The van der Waals surface area contributed by atoms with Gasteiger partial charge in [0.05, 0.1) is 5.69 Å². The summed E-state index contributed by atoms with van der Waals surface area (Å²) < 4.78 is 0. The Morgan fingerprint density at radius 1 is 1.32 bits per heavy atom. The van der Waals surface area contributed by atoms with Crippen molar-refractivity contribution in [2.24, 2.45) is 0 Å². The molecule has 2 aromatic rings. The van der Waals surface area contributed by atoms with Gasteiger partial charge in [0.1, 0.15) is 0 Å². The third-order valence-electron chi connectivity index (χ3n) is 3.98. The molecule has 1 saturated heterocycles. The van der Waals surface area contributed by atoms with Gasteiger partial charge in [0.15, 0.2) is 5.13 Å². The first-order chi connectivity index (χ1) is 10.7. The lowest BCUT2D eigenvalue weighted by molar-refractivity contribution is -0.129. The van der Waals surface area contributed by atoms with Crippen LogP contribution < -0.4 is 4.90 Å². The van der Waals surface area contributed by atoms with E-state index in [-0.39, 0.29) is 5.91 Å². The summed E-state index contributed by atoms with van der Waals surface area (Å²) >= 11 is 1.70. The van der Waals surface area contributed by atoms with Crippen molar-refractivity contribution in [3.05, 3.63) is 47.0 Å². The average Bonchev–Trinajstić information content (AvgIpc) is 3.03. The van der Waals surface area contributed by atoms with E-state index in [0.717, 1.165) is 49.8 Å². The van der Waals surface area contributed by atoms with Gasteiger partial charge in [-0.05, 0) is 24.5 Å². The summed E-state index contributed by atoms with van der Waals surface area (Å²) in [5.74, 6) is 0.166. The maximum Gasteiger partial charge on any atom is 0.219 e. The number of rotatable bonds is 4. The number of piperazine rings is 1. The predicted octanol–water partition coefficient (Wildman–Crippen LogP) is 2.40. The number of carbonyl (C=O) groups excluding carboxylic acids is 1. The first kappa shape index (κ1) is 15.0. The topological polar surface area (TPSA) is 36.4 Å². The molecule has 5 heteroatoms. The van der Waals surface area contributed by atoms with Gasteiger partial charge < -0.3 is 9.80 Å². The number of hydrogen-bond acceptors (Lipinski definition) is 4. The van der Waals surface area contributed by atoms with Crippen molar-refractivity contribution < 1.29 is 4.79 Å². The third-order valence-corrected chi connectivity index (χ3v) is 4.93. The van der Waals surface area contributed by atoms with Gasteiger partial charge in [-0.1, -0.05) is 24.3 Å². The molecule has 0 bridgehead atoms. The SMILES string of the molecule is CC(=O)N1CCN(c2nc(CCc3c[c]ccc3)cs2)CC1. The summed E-state index contributed by atoms with van der Waals surface area (Å²) in [7, 11) is 0. The molecule has 0 atom stereocenters. The van der Waals surface area contributed by atoms with Crippen LogP contribution in [0.15, 0.2) is 29.6 Å². The molecule has 2 heterocycles. The maximum absolute atomic E-state index is 11.4. The van der Waals surface area contributed by atoms with Crippen LogP contribution in [0.25, 0.3) is 0 Å². The van der Waals surface area contributed by atoms with Gasteiger partial charge >= 0.3 is 0 Å². The summed E-state index contributed by atoms with van der Waals surface area (Å²) in [6.07, 6.45) is 1.96. The van der Waals surface area contributed by atoms with Crippen LogP contribution in [-0.2, 0) is 17.6 Å². The molecule has 22 heavy (non-hydrogen) atoms. The van der Waals surface area contributed by atoms with Crippen LogP contribution >= 0.6 is 11.3 Å². The van der Waals surface area contributed by atoms with Gasteiger partial charge in [0.25, 0.3) is 0 Å². The number of hydrogen-bond donors (Lipinski definition) is 0. The second-order valence-electron chi connectivity index (χ2n) is 5.53. The van der Waals surface area contributed by atoms with Crippen LogP contribution in [0.5, 0.6) is 0 Å². The van der Waals surface area contributed by atoms with E-state index in [1.54, 1.807) is 18.3 Å². The lowest BCUT2D eigenvalue weighted by Gasteiger charge is -2.33. The van der Waals surface area contributed by atoms with Crippen molar-refractivity contribution in [2.45, 2.75) is 19.8 Å². The molecular weight excluding hydrogens is 294 g/mol. The van der Waals surface area contributed by atoms with Crippen LogP contribution in [0, 0.1) is 6.07 Å². The molecule has 1 fully saturated rings. The molecule has 1 aromatic heterocycles. The van der Waals surface area contributed by atoms with E-state index in [9.17, 15) is 4.79 Å². The molecule has 3 rings (SSSR count). The number of thiazole rings is 1. The first-order valence-corrected chi connectivity index (χ1v) is 8.50. The molecule has 1 radical (unpaired) electrons. The molecular formula is C17H20N3OS. The van der Waals surface area contributed by atoms with Crippen LogP contribution in [0.2, 0.25) is 0 Å². The fourth-order valence-corrected chi connectivity index (χ4v) is 3.54. The zero-order valence-electron chi connectivity index (χ0n) is 12.8. The van der Waals surface area contributed by atoms with Crippen LogP contribution in [-0.4, -0.2) is 42.0 Å². The van der Waals surface area contributed by atoms with Gasteiger partial charge in [0, 0.05) is 38.5 Å². The molecule has 0 unspecified atom stereocenters. The van der Waals surface area contributed by atoms with Crippen LogP contribution in [0.3, 0.4) is 0 Å². The van der Waals surface area contributed by atoms with Crippen molar-refractivity contribution in [1.29, 1.82) is 0 Å². The van der Waals surface area contributed by atoms with E-state index in [2.05, 4.69) is 22.4 Å². The smallest absolute Gasteiger partial charge is 0.219 e. The Morgan fingerprint density at radius 2 is 2.14 bits per heavy atom. The van der Waals surface area contributed by atoms with E-state index in [4.69, 9.17) is 4.98 Å². The fourth-order valence-electron chi connectivity index (χ4n) is 2.63. The largest absolute Gasteiger partial charge is 0.345 e. The molecule has 0 spiro atoms. The quantitative estimate of drug-likeness (QED) is 0.869. The highest BCUT2D eigenvalue weighted by Crippen LogP contribution is 2.22. The Bertz CT molecular complexity index is 618. The summed E-state index contributed by atoms with van der Waals surface area (Å²) in [6, 6.07) is 11.2. The fraction of sp³-hybridized carbons (Fsp3) is 0.412. The van der Waals surface area contributed by atoms with E-state index < -0.39 is 0 Å². The Morgan fingerprint density at radius 3 is 2.82 bits per heavy atom. The normalized spacial score (nSPS) is 15.1. The summed E-state index contributed by atoms with van der Waals surface area (Å²) in [5.41, 5.74) is 2.45. The minimum absolute atomic E-state index is 0.166. The number of carbonyl (C=O) groups is 1. The lowest BCUT2D eigenvalue weighted by atomic mass is 10.1. The molecule has 4 nitrogen and oxygen atoms in total. The Labute approximate surface area is 135 Å². The molecule has 0 N–H and O–H groups in total. The molecule has 115 valence electrons.